The van der Waals surface area contributed by atoms with Crippen LogP contribution in [0, 0.1) is 0 Å². The third-order valence-electron chi connectivity index (χ3n) is 0.792. The minimum Gasteiger partial charge on any atom is -0.225 e. The van der Waals surface area contributed by atoms with Crippen molar-refractivity contribution in [3.05, 3.63) is 0 Å². The summed E-state index contributed by atoms with van der Waals surface area (Å²) >= 11 is 5.05. The number of hydrogen-bond donors (Lipinski definition) is 0. The summed E-state index contributed by atoms with van der Waals surface area (Å²) in [7, 11) is 0. The molecule has 1 aliphatic rings. The van der Waals surface area contributed by atoms with Crippen LogP contribution in [0.2, 0.25) is 0 Å². The SMILES string of the molecule is FC(F)(F)C1OON(CCl)O1. The molecule has 4 nitrogen and oxygen atoms in total. The molecule has 0 aromatic heterocycles. The lowest BCUT2D eigenvalue weighted by Gasteiger charge is -2.09. The van der Waals surface area contributed by atoms with Gasteiger partial charge >= 0.3 is 12.5 Å². The standard InChI is InChI=1S/C3H3ClF3NO3/c4-1-8-9-2(10-11-8)3(5,6)7/h2H,1H2. The van der Waals surface area contributed by atoms with Gasteiger partial charge in [0.1, 0.15) is 6.00 Å². The molecule has 1 unspecified atom stereocenters. The zero-order chi connectivity index (χ0) is 8.48. The van der Waals surface area contributed by atoms with Crippen LogP contribution >= 0.6 is 11.6 Å². The molecular weight excluding hydrogens is 190 g/mol. The Labute approximate surface area is 64.2 Å². The molecule has 0 amide bonds. The first-order valence-electron chi connectivity index (χ1n) is 2.44. The van der Waals surface area contributed by atoms with Gasteiger partial charge in [0, 0.05) is 0 Å². The summed E-state index contributed by atoms with van der Waals surface area (Å²) in [5.41, 5.74) is 0. The molecule has 1 atom stereocenters. The summed E-state index contributed by atoms with van der Waals surface area (Å²) in [4.78, 5) is 11.6. The topological polar surface area (TPSA) is 30.9 Å². The molecule has 11 heavy (non-hydrogen) atoms. The number of hydroxylamine groups is 2. The first kappa shape index (κ1) is 9.01. The van der Waals surface area contributed by atoms with Crippen LogP contribution in [0.4, 0.5) is 13.2 Å². The molecule has 0 bridgehead atoms. The fourth-order valence-corrected chi connectivity index (χ4v) is 0.488. The van der Waals surface area contributed by atoms with Crippen LogP contribution in [-0.4, -0.2) is 23.7 Å². The van der Waals surface area contributed by atoms with Crippen molar-refractivity contribution in [1.29, 1.82) is 0 Å². The number of hydrogen-bond acceptors (Lipinski definition) is 4. The van der Waals surface area contributed by atoms with Crippen LogP contribution in [0.25, 0.3) is 0 Å². The van der Waals surface area contributed by atoms with Crippen LogP contribution in [0.5, 0.6) is 0 Å². The van der Waals surface area contributed by atoms with Gasteiger partial charge in [-0.3, -0.25) is 0 Å². The monoisotopic (exact) mass is 193 g/mol. The lowest BCUT2D eigenvalue weighted by atomic mass is 10.6. The van der Waals surface area contributed by atoms with Crippen molar-refractivity contribution >= 4 is 11.6 Å². The van der Waals surface area contributed by atoms with Gasteiger partial charge in [0.05, 0.1) is 0 Å². The van der Waals surface area contributed by atoms with Crippen molar-refractivity contribution in [2.75, 3.05) is 6.00 Å². The highest BCUT2D eigenvalue weighted by atomic mass is 35.5. The van der Waals surface area contributed by atoms with E-state index in [1.165, 1.54) is 0 Å². The smallest absolute Gasteiger partial charge is 0.225 e. The highest BCUT2D eigenvalue weighted by Gasteiger charge is 2.49. The highest BCUT2D eigenvalue weighted by molar-refractivity contribution is 6.17. The van der Waals surface area contributed by atoms with Crippen molar-refractivity contribution in [3.8, 4) is 0 Å². The van der Waals surface area contributed by atoms with Gasteiger partial charge in [-0.05, 0) is 5.23 Å². The average molecular weight is 194 g/mol. The van der Waals surface area contributed by atoms with E-state index in [4.69, 9.17) is 11.6 Å². The second-order valence-corrected chi connectivity index (χ2v) is 1.84. The minimum atomic E-state index is -4.61. The third kappa shape index (κ3) is 2.17. The summed E-state index contributed by atoms with van der Waals surface area (Å²) in [6.45, 7) is 0. The average Bonchev–Trinajstić information content (AvgIpc) is 2.32. The molecule has 0 aromatic carbocycles. The molecule has 1 saturated heterocycles. The molecule has 0 radical (unpaired) electrons. The summed E-state index contributed by atoms with van der Waals surface area (Å²) in [6.07, 6.45) is -7.00. The molecule has 66 valence electrons. The molecule has 1 fully saturated rings. The van der Waals surface area contributed by atoms with Gasteiger partial charge in [0.15, 0.2) is 0 Å². The van der Waals surface area contributed by atoms with Gasteiger partial charge in [-0.15, -0.1) is 16.6 Å². The van der Waals surface area contributed by atoms with E-state index in [1.54, 1.807) is 0 Å². The lowest BCUT2D eigenvalue weighted by Crippen LogP contribution is -2.30. The maximum Gasteiger partial charge on any atom is 0.445 e. The first-order chi connectivity index (χ1) is 5.04. The second-order valence-electron chi connectivity index (χ2n) is 1.60. The van der Waals surface area contributed by atoms with E-state index in [-0.39, 0.29) is 6.00 Å². The van der Waals surface area contributed by atoms with E-state index in [9.17, 15) is 13.2 Å². The van der Waals surface area contributed by atoms with Crippen LogP contribution in [-0.2, 0) is 14.7 Å². The molecule has 0 aromatic rings. The van der Waals surface area contributed by atoms with Gasteiger partial charge in [0.25, 0.3) is 0 Å². The molecule has 0 saturated carbocycles. The molecule has 8 heteroatoms. The van der Waals surface area contributed by atoms with Gasteiger partial charge in [-0.2, -0.15) is 18.1 Å². The second kappa shape index (κ2) is 3.11. The number of rotatable bonds is 1. The van der Waals surface area contributed by atoms with Gasteiger partial charge in [0.2, 0.25) is 0 Å². The summed E-state index contributed by atoms with van der Waals surface area (Å²) in [6, 6.07) is -0.368. The van der Waals surface area contributed by atoms with Crippen molar-refractivity contribution < 1.29 is 27.9 Å². The van der Waals surface area contributed by atoms with E-state index < -0.39 is 12.5 Å². The number of nitrogens with zero attached hydrogens (tertiary/aromatic N) is 1. The van der Waals surface area contributed by atoms with Crippen LogP contribution in [0.15, 0.2) is 0 Å². The Morgan fingerprint density at radius 3 is 2.36 bits per heavy atom. The Bertz CT molecular complexity index is 142. The molecule has 0 aliphatic carbocycles. The highest BCUT2D eigenvalue weighted by Crippen LogP contribution is 2.28. The normalized spacial score (nSPS) is 27.8. The van der Waals surface area contributed by atoms with Gasteiger partial charge < -0.3 is 0 Å². The van der Waals surface area contributed by atoms with E-state index in [1.807, 2.05) is 0 Å². The summed E-state index contributed by atoms with van der Waals surface area (Å²) < 4.78 is 35.0. The first-order valence-corrected chi connectivity index (χ1v) is 2.98. The Morgan fingerprint density at radius 2 is 2.09 bits per heavy atom. The zero-order valence-corrected chi connectivity index (χ0v) is 5.72. The van der Waals surface area contributed by atoms with Crippen LogP contribution in [0.1, 0.15) is 0 Å². The van der Waals surface area contributed by atoms with Crippen LogP contribution in [0.3, 0.4) is 0 Å². The molecule has 1 heterocycles. The summed E-state index contributed by atoms with van der Waals surface area (Å²) in [5.74, 6) is 0. The van der Waals surface area contributed by atoms with E-state index in [0.29, 0.717) is 5.23 Å². The Balaban J connectivity index is 2.42. The van der Waals surface area contributed by atoms with E-state index in [0.717, 1.165) is 0 Å². The Morgan fingerprint density at radius 1 is 1.45 bits per heavy atom. The third-order valence-corrected chi connectivity index (χ3v) is 0.987. The minimum absolute atomic E-state index is 0.368. The van der Waals surface area contributed by atoms with Crippen molar-refractivity contribution in [1.82, 2.24) is 5.23 Å². The lowest BCUT2D eigenvalue weighted by molar-refractivity contribution is -0.412. The number of halogens is 4. The zero-order valence-electron chi connectivity index (χ0n) is 4.97. The molecular formula is C3H3ClF3NO3. The molecule has 0 spiro atoms. The van der Waals surface area contributed by atoms with E-state index >= 15 is 0 Å². The van der Waals surface area contributed by atoms with Crippen molar-refractivity contribution in [2.24, 2.45) is 0 Å². The molecule has 0 N–H and O–H groups in total. The predicted molar refractivity (Wildman–Crippen MR) is 25.7 cm³/mol. The fourth-order valence-electron chi connectivity index (χ4n) is 0.391. The fraction of sp³-hybridized carbons (Fsp3) is 1.00. The Kier molecular flexibility index (Phi) is 2.55. The largest absolute Gasteiger partial charge is 0.445 e. The summed E-state index contributed by atoms with van der Waals surface area (Å²) in [5, 5.41) is 0.375. The van der Waals surface area contributed by atoms with Crippen molar-refractivity contribution in [3.63, 3.8) is 0 Å². The Hall–Kier alpha value is -0.0800. The predicted octanol–water partition coefficient (Wildman–Crippen LogP) is 1.18. The van der Waals surface area contributed by atoms with Gasteiger partial charge in [-0.1, -0.05) is 0 Å². The molecule has 1 aliphatic heterocycles. The molecule has 1 rings (SSSR count). The van der Waals surface area contributed by atoms with E-state index in [2.05, 4.69) is 14.7 Å². The maximum absolute atomic E-state index is 11.7. The number of alkyl halides is 4. The maximum atomic E-state index is 11.7. The van der Waals surface area contributed by atoms with Gasteiger partial charge in [-0.25, -0.2) is 4.84 Å². The van der Waals surface area contributed by atoms with Crippen LogP contribution < -0.4 is 0 Å². The van der Waals surface area contributed by atoms with Crippen molar-refractivity contribution in [2.45, 2.75) is 12.5 Å². The quantitative estimate of drug-likeness (QED) is 0.356.